The average Bonchev–Trinajstić information content (AvgIpc) is 3.12. The SMILES string of the molecule is O=C(O)C=Cc1ccc2c(c1)c(C(=O)c1ccccc1)cn2-c1ccccc1. The minimum Gasteiger partial charge on any atom is -0.478 e. The average molecular weight is 367 g/mol. The second kappa shape index (κ2) is 7.37. The van der Waals surface area contributed by atoms with E-state index >= 15 is 0 Å². The Morgan fingerprint density at radius 1 is 0.857 bits per heavy atom. The molecule has 4 nitrogen and oxygen atoms in total. The number of aromatic nitrogens is 1. The Hall–Kier alpha value is -3.92. The third kappa shape index (κ3) is 3.35. The zero-order valence-electron chi connectivity index (χ0n) is 14.9. The highest BCUT2D eigenvalue weighted by Gasteiger charge is 2.17. The van der Waals surface area contributed by atoms with Crippen molar-refractivity contribution in [1.29, 1.82) is 0 Å². The third-order valence-corrected chi connectivity index (χ3v) is 4.56. The molecule has 4 aromatic rings. The highest BCUT2D eigenvalue weighted by Crippen LogP contribution is 2.28. The number of carboxylic acids is 1. The van der Waals surface area contributed by atoms with E-state index < -0.39 is 5.97 Å². The van der Waals surface area contributed by atoms with E-state index in [1.54, 1.807) is 12.1 Å². The molecule has 3 aromatic carbocycles. The van der Waals surface area contributed by atoms with Crippen molar-refractivity contribution in [1.82, 2.24) is 4.57 Å². The van der Waals surface area contributed by atoms with Crippen molar-refractivity contribution >= 4 is 28.7 Å². The van der Waals surface area contributed by atoms with Gasteiger partial charge < -0.3 is 9.67 Å². The summed E-state index contributed by atoms with van der Waals surface area (Å²) in [6.45, 7) is 0. The number of para-hydroxylation sites is 1. The predicted molar refractivity (Wildman–Crippen MR) is 110 cm³/mol. The number of nitrogens with zero attached hydrogens (tertiary/aromatic N) is 1. The fourth-order valence-electron chi connectivity index (χ4n) is 3.25. The smallest absolute Gasteiger partial charge is 0.328 e. The molecule has 0 fully saturated rings. The van der Waals surface area contributed by atoms with Crippen molar-refractivity contribution in [3.05, 3.63) is 108 Å². The number of carboxylic acid groups (broad SMARTS) is 1. The predicted octanol–water partition coefficient (Wildman–Crippen LogP) is 4.96. The van der Waals surface area contributed by atoms with E-state index in [1.165, 1.54) is 6.08 Å². The Balaban J connectivity index is 1.92. The summed E-state index contributed by atoms with van der Waals surface area (Å²) in [6.07, 6.45) is 4.46. The van der Waals surface area contributed by atoms with Gasteiger partial charge in [-0.05, 0) is 35.9 Å². The monoisotopic (exact) mass is 367 g/mol. The molecule has 1 N–H and O–H groups in total. The van der Waals surface area contributed by atoms with Gasteiger partial charge >= 0.3 is 5.97 Å². The van der Waals surface area contributed by atoms with Crippen LogP contribution < -0.4 is 0 Å². The number of ketones is 1. The van der Waals surface area contributed by atoms with Gasteiger partial charge in [-0.3, -0.25) is 4.79 Å². The van der Waals surface area contributed by atoms with Crippen LogP contribution in [0.25, 0.3) is 22.7 Å². The van der Waals surface area contributed by atoms with Crippen LogP contribution in [0.2, 0.25) is 0 Å². The quantitative estimate of drug-likeness (QED) is 0.401. The van der Waals surface area contributed by atoms with Gasteiger partial charge in [0.2, 0.25) is 0 Å². The first kappa shape index (κ1) is 17.5. The first-order valence-electron chi connectivity index (χ1n) is 8.85. The largest absolute Gasteiger partial charge is 0.478 e. The molecule has 0 aliphatic rings. The summed E-state index contributed by atoms with van der Waals surface area (Å²) in [7, 11) is 0. The minimum atomic E-state index is -1.01. The van der Waals surface area contributed by atoms with Crippen molar-refractivity contribution in [3.63, 3.8) is 0 Å². The molecule has 0 radical (unpaired) electrons. The summed E-state index contributed by atoms with van der Waals surface area (Å²) in [5.74, 6) is -1.08. The summed E-state index contributed by atoms with van der Waals surface area (Å²) in [5, 5.41) is 9.67. The lowest BCUT2D eigenvalue weighted by Crippen LogP contribution is -2.00. The van der Waals surface area contributed by atoms with E-state index in [2.05, 4.69) is 0 Å². The lowest BCUT2D eigenvalue weighted by molar-refractivity contribution is -0.131. The molecular weight excluding hydrogens is 350 g/mol. The lowest BCUT2D eigenvalue weighted by atomic mass is 10.0. The fraction of sp³-hybridized carbons (Fsp3) is 0. The summed E-state index contributed by atoms with van der Waals surface area (Å²) < 4.78 is 1.98. The molecule has 0 spiro atoms. The van der Waals surface area contributed by atoms with Gasteiger partial charge in [-0.25, -0.2) is 4.79 Å². The van der Waals surface area contributed by atoms with E-state index in [9.17, 15) is 9.59 Å². The number of benzene rings is 3. The van der Waals surface area contributed by atoms with Crippen LogP contribution in [0.5, 0.6) is 0 Å². The molecule has 1 heterocycles. The Kier molecular flexibility index (Phi) is 4.60. The summed E-state index contributed by atoms with van der Waals surface area (Å²) >= 11 is 0. The molecule has 136 valence electrons. The van der Waals surface area contributed by atoms with E-state index in [4.69, 9.17) is 5.11 Å². The molecule has 0 amide bonds. The number of fused-ring (bicyclic) bond motifs is 1. The molecule has 28 heavy (non-hydrogen) atoms. The summed E-state index contributed by atoms with van der Waals surface area (Å²) in [5.41, 5.74) is 3.76. The van der Waals surface area contributed by atoms with Crippen LogP contribution in [0, 0.1) is 0 Å². The van der Waals surface area contributed by atoms with E-state index in [1.807, 2.05) is 77.5 Å². The summed E-state index contributed by atoms with van der Waals surface area (Å²) in [6, 6.07) is 24.5. The first-order chi connectivity index (χ1) is 13.6. The molecule has 4 heteroatoms. The van der Waals surface area contributed by atoms with Crippen LogP contribution in [-0.4, -0.2) is 21.4 Å². The number of hydrogen-bond donors (Lipinski definition) is 1. The van der Waals surface area contributed by atoms with Gasteiger partial charge in [0.1, 0.15) is 0 Å². The van der Waals surface area contributed by atoms with Crippen LogP contribution in [-0.2, 0) is 4.79 Å². The number of hydrogen-bond acceptors (Lipinski definition) is 2. The van der Waals surface area contributed by atoms with Gasteiger partial charge in [0.25, 0.3) is 0 Å². The van der Waals surface area contributed by atoms with E-state index in [0.29, 0.717) is 11.1 Å². The van der Waals surface area contributed by atoms with Crippen molar-refractivity contribution in [3.8, 4) is 5.69 Å². The maximum absolute atomic E-state index is 13.2. The Morgan fingerprint density at radius 2 is 1.54 bits per heavy atom. The van der Waals surface area contributed by atoms with Gasteiger partial charge in [-0.2, -0.15) is 0 Å². The second-order valence-electron chi connectivity index (χ2n) is 6.39. The van der Waals surface area contributed by atoms with Gasteiger partial charge in [0.05, 0.1) is 5.52 Å². The van der Waals surface area contributed by atoms with Gasteiger partial charge in [0, 0.05) is 34.5 Å². The number of carbonyl (C=O) groups is 2. The molecule has 0 unspecified atom stereocenters. The highest BCUT2D eigenvalue weighted by atomic mass is 16.4. The zero-order chi connectivity index (χ0) is 19.5. The molecule has 0 saturated heterocycles. The number of rotatable bonds is 5. The van der Waals surface area contributed by atoms with Crippen LogP contribution in [0.3, 0.4) is 0 Å². The van der Waals surface area contributed by atoms with E-state index in [0.717, 1.165) is 28.2 Å². The van der Waals surface area contributed by atoms with Crippen LogP contribution in [0.1, 0.15) is 21.5 Å². The van der Waals surface area contributed by atoms with Crippen molar-refractivity contribution in [2.75, 3.05) is 0 Å². The first-order valence-corrected chi connectivity index (χ1v) is 8.85. The van der Waals surface area contributed by atoms with Gasteiger partial charge in [-0.1, -0.05) is 54.6 Å². The van der Waals surface area contributed by atoms with Crippen LogP contribution >= 0.6 is 0 Å². The summed E-state index contributed by atoms with van der Waals surface area (Å²) in [4.78, 5) is 24.0. The standard InChI is InChI=1S/C24H17NO3/c26-23(27)14-12-17-11-13-22-20(15-17)21(24(28)18-7-3-1-4-8-18)16-25(22)19-9-5-2-6-10-19/h1-16H,(H,26,27). The highest BCUT2D eigenvalue weighted by molar-refractivity contribution is 6.17. The zero-order valence-corrected chi connectivity index (χ0v) is 14.9. The number of aliphatic carboxylic acids is 1. The molecule has 0 aliphatic heterocycles. The molecule has 4 rings (SSSR count). The Morgan fingerprint density at radius 3 is 2.21 bits per heavy atom. The molecule has 0 aliphatic carbocycles. The molecule has 0 saturated carbocycles. The second-order valence-corrected chi connectivity index (χ2v) is 6.39. The van der Waals surface area contributed by atoms with Gasteiger partial charge in [0.15, 0.2) is 5.78 Å². The maximum Gasteiger partial charge on any atom is 0.328 e. The molecule has 0 atom stereocenters. The van der Waals surface area contributed by atoms with Crippen molar-refractivity contribution < 1.29 is 14.7 Å². The van der Waals surface area contributed by atoms with Crippen LogP contribution in [0.15, 0.2) is 91.1 Å². The number of carbonyl (C=O) groups excluding carboxylic acids is 1. The third-order valence-electron chi connectivity index (χ3n) is 4.56. The molecule has 0 bridgehead atoms. The maximum atomic E-state index is 13.2. The molecule has 1 aromatic heterocycles. The topological polar surface area (TPSA) is 59.3 Å². The van der Waals surface area contributed by atoms with Crippen LogP contribution in [0.4, 0.5) is 0 Å². The van der Waals surface area contributed by atoms with Crippen molar-refractivity contribution in [2.45, 2.75) is 0 Å². The minimum absolute atomic E-state index is 0.0698. The van der Waals surface area contributed by atoms with Gasteiger partial charge in [-0.15, -0.1) is 0 Å². The van der Waals surface area contributed by atoms with E-state index in [-0.39, 0.29) is 5.78 Å². The molecular formula is C24H17NO3. The normalized spacial score (nSPS) is 11.1. The lowest BCUT2D eigenvalue weighted by Gasteiger charge is -2.05. The Labute approximate surface area is 162 Å². The van der Waals surface area contributed by atoms with Crippen molar-refractivity contribution in [2.24, 2.45) is 0 Å². The fourth-order valence-corrected chi connectivity index (χ4v) is 3.25. The Bertz CT molecular complexity index is 1190.